The van der Waals surface area contributed by atoms with E-state index in [-0.39, 0.29) is 18.0 Å². The molecule has 2 amide bonds. The van der Waals surface area contributed by atoms with Crippen LogP contribution in [-0.2, 0) is 11.2 Å². The summed E-state index contributed by atoms with van der Waals surface area (Å²) in [6.07, 6.45) is 3.44. The minimum absolute atomic E-state index is 0.0712. The number of hydrogen-bond acceptors (Lipinski definition) is 3. The molecule has 1 aliphatic rings. The first-order valence-electron chi connectivity index (χ1n) is 8.57. The lowest BCUT2D eigenvalue weighted by atomic mass is 9.86. The molecular weight excluding hydrogens is 308 g/mol. The molecule has 0 radical (unpaired) electrons. The number of urea groups is 1. The Bertz CT molecular complexity index is 554. The third-order valence-electron chi connectivity index (χ3n) is 4.32. The molecule has 1 saturated carbocycles. The topological polar surface area (TPSA) is 87.7 Å². The molecule has 0 aromatic heterocycles. The van der Waals surface area contributed by atoms with Crippen molar-refractivity contribution in [2.45, 2.75) is 45.1 Å². The number of carbonyl (C=O) groups excluding carboxylic acids is 1. The van der Waals surface area contributed by atoms with Crippen LogP contribution in [0.15, 0.2) is 24.3 Å². The molecule has 1 aromatic rings. The number of carbonyl (C=O) groups is 2. The zero-order chi connectivity index (χ0) is 17.4. The molecular formula is C18H26N2O4. The lowest BCUT2D eigenvalue weighted by molar-refractivity contribution is -0.142. The van der Waals surface area contributed by atoms with E-state index in [4.69, 9.17) is 9.84 Å². The van der Waals surface area contributed by atoms with Crippen LogP contribution in [0.4, 0.5) is 4.79 Å². The number of aliphatic carboxylic acids is 1. The van der Waals surface area contributed by atoms with Crippen molar-refractivity contribution in [1.82, 2.24) is 10.6 Å². The molecule has 0 spiro atoms. The van der Waals surface area contributed by atoms with E-state index in [9.17, 15) is 9.59 Å². The molecule has 3 N–H and O–H groups in total. The molecule has 132 valence electrons. The predicted octanol–water partition coefficient (Wildman–Crippen LogP) is 2.57. The van der Waals surface area contributed by atoms with Crippen molar-refractivity contribution in [1.29, 1.82) is 0 Å². The van der Waals surface area contributed by atoms with Gasteiger partial charge in [0.05, 0.1) is 12.5 Å². The Morgan fingerprint density at radius 3 is 2.67 bits per heavy atom. The van der Waals surface area contributed by atoms with Gasteiger partial charge in [-0.2, -0.15) is 0 Å². The van der Waals surface area contributed by atoms with Crippen molar-refractivity contribution in [3.63, 3.8) is 0 Å². The highest BCUT2D eigenvalue weighted by atomic mass is 16.5. The molecule has 1 aliphatic carbocycles. The largest absolute Gasteiger partial charge is 0.494 e. The monoisotopic (exact) mass is 334 g/mol. The number of ether oxygens (including phenoxy) is 1. The average Bonchev–Trinajstić information content (AvgIpc) is 2.56. The molecule has 1 aromatic carbocycles. The van der Waals surface area contributed by atoms with E-state index >= 15 is 0 Å². The van der Waals surface area contributed by atoms with Crippen LogP contribution in [0.2, 0.25) is 0 Å². The van der Waals surface area contributed by atoms with Gasteiger partial charge in [0.2, 0.25) is 0 Å². The fourth-order valence-electron chi connectivity index (χ4n) is 3.00. The molecule has 0 aliphatic heterocycles. The molecule has 6 heteroatoms. The summed E-state index contributed by atoms with van der Waals surface area (Å²) in [5.74, 6) is -0.148. The third-order valence-corrected chi connectivity index (χ3v) is 4.32. The summed E-state index contributed by atoms with van der Waals surface area (Å²) >= 11 is 0. The molecule has 24 heavy (non-hydrogen) atoms. The van der Waals surface area contributed by atoms with Crippen LogP contribution < -0.4 is 15.4 Å². The highest BCUT2D eigenvalue weighted by Gasteiger charge is 2.26. The van der Waals surface area contributed by atoms with Crippen molar-refractivity contribution < 1.29 is 19.4 Å². The molecule has 2 rings (SSSR count). The molecule has 6 nitrogen and oxygen atoms in total. The number of hydrogen-bond donors (Lipinski definition) is 3. The summed E-state index contributed by atoms with van der Waals surface area (Å²) in [7, 11) is 0. The summed E-state index contributed by atoms with van der Waals surface area (Å²) < 4.78 is 5.46. The van der Waals surface area contributed by atoms with E-state index in [1.165, 1.54) is 0 Å². The molecule has 0 unspecified atom stereocenters. The Morgan fingerprint density at radius 2 is 2.00 bits per heavy atom. The van der Waals surface area contributed by atoms with Crippen LogP contribution >= 0.6 is 0 Å². The van der Waals surface area contributed by atoms with Gasteiger partial charge in [-0.25, -0.2) is 4.79 Å². The summed E-state index contributed by atoms with van der Waals surface area (Å²) in [4.78, 5) is 22.8. The number of carboxylic acid groups (broad SMARTS) is 1. The van der Waals surface area contributed by atoms with Crippen LogP contribution in [0.5, 0.6) is 5.75 Å². The zero-order valence-corrected chi connectivity index (χ0v) is 14.1. The maximum Gasteiger partial charge on any atom is 0.315 e. The van der Waals surface area contributed by atoms with Gasteiger partial charge in [-0.1, -0.05) is 12.1 Å². The second-order valence-electron chi connectivity index (χ2n) is 6.12. The van der Waals surface area contributed by atoms with Gasteiger partial charge in [0, 0.05) is 12.6 Å². The minimum atomic E-state index is -0.729. The van der Waals surface area contributed by atoms with Crippen LogP contribution in [0.1, 0.15) is 38.2 Å². The van der Waals surface area contributed by atoms with E-state index < -0.39 is 5.97 Å². The normalized spacial score (nSPS) is 20.2. The highest BCUT2D eigenvalue weighted by Crippen LogP contribution is 2.24. The zero-order valence-electron chi connectivity index (χ0n) is 14.1. The quantitative estimate of drug-likeness (QED) is 0.715. The number of carboxylic acids is 1. The van der Waals surface area contributed by atoms with Gasteiger partial charge in [-0.3, -0.25) is 4.79 Å². The SMILES string of the molecule is CCOc1cccc(CCNC(=O)NC2CCC(C(=O)O)CC2)c1. The standard InChI is InChI=1S/C18H26N2O4/c1-2-24-16-5-3-4-13(12-16)10-11-19-18(23)20-15-8-6-14(7-9-15)17(21)22/h3-5,12,14-15H,2,6-11H2,1H3,(H,21,22)(H2,19,20,23). The third kappa shape index (κ3) is 5.76. The average molecular weight is 334 g/mol. The first kappa shape index (κ1) is 18.1. The summed E-state index contributed by atoms with van der Waals surface area (Å²) in [5.41, 5.74) is 1.11. The van der Waals surface area contributed by atoms with Crippen molar-refractivity contribution >= 4 is 12.0 Å². The van der Waals surface area contributed by atoms with Gasteiger partial charge < -0.3 is 20.5 Å². The van der Waals surface area contributed by atoms with E-state index in [1.807, 2.05) is 31.2 Å². The summed E-state index contributed by atoms with van der Waals surface area (Å²) in [6.45, 7) is 3.13. The maximum atomic E-state index is 11.9. The number of rotatable bonds is 7. The highest BCUT2D eigenvalue weighted by molar-refractivity contribution is 5.74. The van der Waals surface area contributed by atoms with E-state index in [2.05, 4.69) is 10.6 Å². The minimum Gasteiger partial charge on any atom is -0.494 e. The number of nitrogens with one attached hydrogen (secondary N) is 2. The molecule has 1 fully saturated rings. The van der Waals surface area contributed by atoms with Crippen LogP contribution in [-0.4, -0.2) is 36.3 Å². The Morgan fingerprint density at radius 1 is 1.25 bits per heavy atom. The van der Waals surface area contributed by atoms with Gasteiger partial charge in [-0.05, 0) is 56.7 Å². The number of amides is 2. The van der Waals surface area contributed by atoms with Gasteiger partial charge in [0.15, 0.2) is 0 Å². The van der Waals surface area contributed by atoms with Gasteiger partial charge >= 0.3 is 12.0 Å². The Balaban J connectivity index is 1.67. The van der Waals surface area contributed by atoms with E-state index in [1.54, 1.807) is 0 Å². The number of benzene rings is 1. The predicted molar refractivity (Wildman–Crippen MR) is 91.2 cm³/mol. The Hall–Kier alpha value is -2.24. The molecule has 0 saturated heterocycles. The van der Waals surface area contributed by atoms with Crippen molar-refractivity contribution in [2.75, 3.05) is 13.2 Å². The second-order valence-corrected chi connectivity index (χ2v) is 6.12. The lowest BCUT2D eigenvalue weighted by Crippen LogP contribution is -2.44. The Labute approximate surface area is 142 Å². The Kier molecular flexibility index (Phi) is 6.90. The van der Waals surface area contributed by atoms with Gasteiger partial charge in [0.25, 0.3) is 0 Å². The fourth-order valence-corrected chi connectivity index (χ4v) is 3.00. The van der Waals surface area contributed by atoms with Gasteiger partial charge in [-0.15, -0.1) is 0 Å². The lowest BCUT2D eigenvalue weighted by Gasteiger charge is -2.26. The van der Waals surface area contributed by atoms with E-state index in [0.29, 0.717) is 26.0 Å². The summed E-state index contributed by atoms with van der Waals surface area (Å²) in [5, 5.41) is 14.8. The van der Waals surface area contributed by atoms with Crippen LogP contribution in [0.25, 0.3) is 0 Å². The van der Waals surface area contributed by atoms with Crippen molar-refractivity contribution in [3.8, 4) is 5.75 Å². The fraction of sp³-hybridized carbons (Fsp3) is 0.556. The maximum absolute atomic E-state index is 11.9. The van der Waals surface area contributed by atoms with E-state index in [0.717, 1.165) is 30.6 Å². The molecule has 0 heterocycles. The van der Waals surface area contributed by atoms with Crippen LogP contribution in [0, 0.1) is 5.92 Å². The molecule has 0 bridgehead atoms. The smallest absolute Gasteiger partial charge is 0.315 e. The first-order chi connectivity index (χ1) is 11.6. The van der Waals surface area contributed by atoms with Crippen molar-refractivity contribution in [2.24, 2.45) is 5.92 Å². The van der Waals surface area contributed by atoms with Crippen molar-refractivity contribution in [3.05, 3.63) is 29.8 Å². The first-order valence-corrected chi connectivity index (χ1v) is 8.57. The summed E-state index contributed by atoms with van der Waals surface area (Å²) in [6, 6.07) is 7.74. The van der Waals surface area contributed by atoms with Crippen LogP contribution in [0.3, 0.4) is 0 Å². The molecule has 0 atom stereocenters. The second kappa shape index (κ2) is 9.15. The van der Waals surface area contributed by atoms with Gasteiger partial charge in [0.1, 0.15) is 5.75 Å².